The van der Waals surface area contributed by atoms with Crippen molar-refractivity contribution in [3.63, 3.8) is 0 Å². The molecular weight excluding hydrogens is 194 g/mol. The summed E-state index contributed by atoms with van der Waals surface area (Å²) in [5.74, 6) is 2.36. The van der Waals surface area contributed by atoms with E-state index in [9.17, 15) is 0 Å². The summed E-state index contributed by atoms with van der Waals surface area (Å²) in [4.78, 5) is 0. The van der Waals surface area contributed by atoms with Gasteiger partial charge in [0.05, 0.1) is 12.9 Å². The highest BCUT2D eigenvalue weighted by atomic mass is 32.2. The van der Waals surface area contributed by atoms with Crippen LogP contribution in [0.3, 0.4) is 0 Å². The molecule has 1 atom stereocenters. The van der Waals surface area contributed by atoms with Crippen LogP contribution in [0.2, 0.25) is 0 Å². The predicted molar refractivity (Wildman–Crippen MR) is 63.7 cm³/mol. The van der Waals surface area contributed by atoms with Gasteiger partial charge in [0, 0.05) is 11.8 Å². The van der Waals surface area contributed by atoms with Gasteiger partial charge in [0.1, 0.15) is 0 Å². The normalized spacial score (nSPS) is 18.6. The van der Waals surface area contributed by atoms with Gasteiger partial charge < -0.3 is 10.1 Å². The average molecular weight is 215 g/mol. The SMILES string of the molecule is CCNC(CSCC)C1=COCCC1. The Kier molecular flexibility index (Phi) is 6.12. The first kappa shape index (κ1) is 11.9. The molecule has 0 saturated carbocycles. The second kappa shape index (κ2) is 7.18. The van der Waals surface area contributed by atoms with Crippen molar-refractivity contribution < 1.29 is 4.74 Å². The van der Waals surface area contributed by atoms with Crippen molar-refractivity contribution in [1.82, 2.24) is 5.32 Å². The first-order chi connectivity index (χ1) is 6.88. The largest absolute Gasteiger partial charge is 0.501 e. The standard InChI is InChI=1S/C11H21NOS/c1-3-12-11(9-14-4-2)10-6-5-7-13-8-10/h8,11-12H,3-7,9H2,1-2H3. The van der Waals surface area contributed by atoms with Gasteiger partial charge in [-0.25, -0.2) is 0 Å². The maximum Gasteiger partial charge on any atom is 0.0876 e. The third-order valence-electron chi connectivity index (χ3n) is 2.35. The van der Waals surface area contributed by atoms with Gasteiger partial charge in [-0.3, -0.25) is 0 Å². The molecule has 0 aromatic carbocycles. The van der Waals surface area contributed by atoms with Crippen LogP contribution in [0.1, 0.15) is 26.7 Å². The van der Waals surface area contributed by atoms with E-state index in [1.807, 2.05) is 18.0 Å². The van der Waals surface area contributed by atoms with Crippen LogP contribution in [0.25, 0.3) is 0 Å². The van der Waals surface area contributed by atoms with E-state index in [0.717, 1.165) is 13.2 Å². The molecule has 1 N–H and O–H groups in total. The third kappa shape index (κ3) is 3.93. The quantitative estimate of drug-likeness (QED) is 0.735. The Labute approximate surface area is 91.5 Å². The fraction of sp³-hybridized carbons (Fsp3) is 0.818. The fourth-order valence-corrected chi connectivity index (χ4v) is 2.42. The molecule has 2 nitrogen and oxygen atoms in total. The van der Waals surface area contributed by atoms with Crippen molar-refractivity contribution in [1.29, 1.82) is 0 Å². The lowest BCUT2D eigenvalue weighted by atomic mass is 10.0. The fourth-order valence-electron chi connectivity index (χ4n) is 1.62. The van der Waals surface area contributed by atoms with Crippen LogP contribution in [-0.4, -0.2) is 30.7 Å². The molecule has 1 unspecified atom stereocenters. The van der Waals surface area contributed by atoms with E-state index < -0.39 is 0 Å². The van der Waals surface area contributed by atoms with Crippen LogP contribution < -0.4 is 5.32 Å². The number of nitrogens with one attached hydrogen (secondary N) is 1. The topological polar surface area (TPSA) is 21.3 Å². The Hall–Kier alpha value is -0.150. The summed E-state index contributed by atoms with van der Waals surface area (Å²) in [5.41, 5.74) is 1.44. The summed E-state index contributed by atoms with van der Waals surface area (Å²) < 4.78 is 5.38. The summed E-state index contributed by atoms with van der Waals surface area (Å²) in [6.45, 7) is 6.29. The smallest absolute Gasteiger partial charge is 0.0876 e. The molecule has 0 fully saturated rings. The molecule has 1 rings (SSSR count). The van der Waals surface area contributed by atoms with Crippen molar-refractivity contribution in [3.8, 4) is 0 Å². The molecule has 82 valence electrons. The molecule has 0 saturated heterocycles. The van der Waals surface area contributed by atoms with Crippen molar-refractivity contribution in [3.05, 3.63) is 11.8 Å². The minimum absolute atomic E-state index is 0.519. The Morgan fingerprint density at radius 2 is 2.43 bits per heavy atom. The van der Waals surface area contributed by atoms with Crippen molar-refractivity contribution >= 4 is 11.8 Å². The average Bonchev–Trinajstić information content (AvgIpc) is 2.25. The highest BCUT2D eigenvalue weighted by Gasteiger charge is 2.15. The van der Waals surface area contributed by atoms with Crippen molar-refractivity contribution in [2.24, 2.45) is 0 Å². The van der Waals surface area contributed by atoms with Gasteiger partial charge in [-0.1, -0.05) is 13.8 Å². The van der Waals surface area contributed by atoms with Gasteiger partial charge in [-0.2, -0.15) is 11.8 Å². The minimum atomic E-state index is 0.519. The van der Waals surface area contributed by atoms with E-state index in [1.54, 1.807) is 0 Å². The summed E-state index contributed by atoms with van der Waals surface area (Å²) in [5, 5.41) is 3.52. The number of hydrogen-bond donors (Lipinski definition) is 1. The van der Waals surface area contributed by atoms with E-state index in [-0.39, 0.29) is 0 Å². The van der Waals surface area contributed by atoms with E-state index in [4.69, 9.17) is 4.74 Å². The van der Waals surface area contributed by atoms with Gasteiger partial charge in [0.25, 0.3) is 0 Å². The molecular formula is C11H21NOS. The zero-order valence-corrected chi connectivity index (χ0v) is 10.0. The summed E-state index contributed by atoms with van der Waals surface area (Å²) in [7, 11) is 0. The zero-order chi connectivity index (χ0) is 10.2. The van der Waals surface area contributed by atoms with Crippen molar-refractivity contribution in [2.45, 2.75) is 32.7 Å². The molecule has 0 spiro atoms. The lowest BCUT2D eigenvalue weighted by Gasteiger charge is -2.23. The van der Waals surface area contributed by atoms with Crippen LogP contribution in [0.15, 0.2) is 11.8 Å². The Balaban J connectivity index is 2.42. The number of ether oxygens (including phenoxy) is 1. The second-order valence-electron chi connectivity index (χ2n) is 3.44. The van der Waals surface area contributed by atoms with Gasteiger partial charge >= 0.3 is 0 Å². The molecule has 0 radical (unpaired) electrons. The zero-order valence-electron chi connectivity index (χ0n) is 9.21. The van der Waals surface area contributed by atoms with E-state index in [2.05, 4.69) is 19.2 Å². The number of rotatable bonds is 6. The summed E-state index contributed by atoms with van der Waals surface area (Å²) >= 11 is 1.99. The molecule has 3 heteroatoms. The first-order valence-corrected chi connectivity index (χ1v) is 6.65. The monoisotopic (exact) mass is 215 g/mol. The van der Waals surface area contributed by atoms with Gasteiger partial charge in [0.15, 0.2) is 0 Å². The maximum atomic E-state index is 5.38. The molecule has 14 heavy (non-hydrogen) atoms. The lowest BCUT2D eigenvalue weighted by Crippen LogP contribution is -2.34. The van der Waals surface area contributed by atoms with E-state index in [1.165, 1.54) is 29.9 Å². The second-order valence-corrected chi connectivity index (χ2v) is 4.76. The predicted octanol–water partition coefficient (Wildman–Crippen LogP) is 2.41. The number of likely N-dealkylation sites (N-methyl/N-ethyl adjacent to an activating group) is 1. The van der Waals surface area contributed by atoms with Gasteiger partial charge in [-0.15, -0.1) is 0 Å². The number of thioether (sulfide) groups is 1. The van der Waals surface area contributed by atoms with Crippen molar-refractivity contribution in [2.75, 3.05) is 24.7 Å². The molecule has 0 aromatic heterocycles. The van der Waals surface area contributed by atoms with Crippen LogP contribution in [0.5, 0.6) is 0 Å². The molecule has 0 bridgehead atoms. The minimum Gasteiger partial charge on any atom is -0.501 e. The Morgan fingerprint density at radius 3 is 3.00 bits per heavy atom. The molecule has 0 amide bonds. The molecule has 1 aliphatic heterocycles. The lowest BCUT2D eigenvalue weighted by molar-refractivity contribution is 0.220. The first-order valence-electron chi connectivity index (χ1n) is 5.50. The van der Waals surface area contributed by atoms with Crippen LogP contribution >= 0.6 is 11.8 Å². The third-order valence-corrected chi connectivity index (χ3v) is 3.33. The molecule has 0 aromatic rings. The van der Waals surface area contributed by atoms with E-state index in [0.29, 0.717) is 6.04 Å². The summed E-state index contributed by atoms with van der Waals surface area (Å²) in [6, 6.07) is 0.519. The Morgan fingerprint density at radius 1 is 1.57 bits per heavy atom. The highest BCUT2D eigenvalue weighted by molar-refractivity contribution is 7.99. The van der Waals surface area contributed by atoms with Gasteiger partial charge in [-0.05, 0) is 30.7 Å². The highest BCUT2D eigenvalue weighted by Crippen LogP contribution is 2.18. The van der Waals surface area contributed by atoms with Crippen LogP contribution in [-0.2, 0) is 4.74 Å². The van der Waals surface area contributed by atoms with E-state index >= 15 is 0 Å². The molecule has 1 heterocycles. The maximum absolute atomic E-state index is 5.38. The summed E-state index contributed by atoms with van der Waals surface area (Å²) in [6.07, 6.45) is 4.33. The molecule has 1 aliphatic rings. The molecule has 0 aliphatic carbocycles. The van der Waals surface area contributed by atoms with Gasteiger partial charge in [0.2, 0.25) is 0 Å². The Bertz CT molecular complexity index is 182. The number of hydrogen-bond acceptors (Lipinski definition) is 3. The van der Waals surface area contributed by atoms with Crippen LogP contribution in [0, 0.1) is 0 Å². The van der Waals surface area contributed by atoms with Crippen LogP contribution in [0.4, 0.5) is 0 Å².